The first-order chi connectivity index (χ1) is 8.08. The highest BCUT2D eigenvalue weighted by molar-refractivity contribution is 9.11. The minimum absolute atomic E-state index is 0.0894. The van der Waals surface area contributed by atoms with Crippen molar-refractivity contribution in [2.75, 3.05) is 19.6 Å². The number of hydrogen-bond acceptors (Lipinski definition) is 2. The molecule has 0 aliphatic carbocycles. The molecule has 1 fully saturated rings. The highest BCUT2D eigenvalue weighted by Crippen LogP contribution is 2.23. The van der Waals surface area contributed by atoms with E-state index in [1.807, 2.05) is 23.1 Å². The number of carbonyl (C=O) groups excluding carboxylic acids is 1. The van der Waals surface area contributed by atoms with Crippen molar-refractivity contribution in [2.24, 2.45) is 0 Å². The van der Waals surface area contributed by atoms with Gasteiger partial charge in [0.05, 0.1) is 5.56 Å². The van der Waals surface area contributed by atoms with Gasteiger partial charge in [-0.3, -0.25) is 4.79 Å². The van der Waals surface area contributed by atoms with E-state index in [9.17, 15) is 4.79 Å². The topological polar surface area (TPSA) is 32.3 Å². The number of carbonyl (C=O) groups is 1. The summed E-state index contributed by atoms with van der Waals surface area (Å²) in [5.41, 5.74) is 0.716. The zero-order valence-corrected chi connectivity index (χ0v) is 12.7. The number of amides is 1. The quantitative estimate of drug-likeness (QED) is 0.833. The number of hydrogen-bond donors (Lipinski definition) is 1. The lowest BCUT2D eigenvalue weighted by molar-refractivity contribution is 0.0708. The molecule has 0 spiro atoms. The number of nitrogens with one attached hydrogen (secondary N) is 1. The van der Waals surface area contributed by atoms with Crippen LogP contribution in [0.1, 0.15) is 17.3 Å². The summed E-state index contributed by atoms with van der Waals surface area (Å²) < 4.78 is 1.77. The van der Waals surface area contributed by atoms with Gasteiger partial charge >= 0.3 is 0 Å². The molecule has 0 radical (unpaired) electrons. The highest BCUT2D eigenvalue weighted by atomic mass is 79.9. The molecule has 1 saturated heterocycles. The van der Waals surface area contributed by atoms with Crippen molar-refractivity contribution in [1.82, 2.24) is 10.2 Å². The zero-order chi connectivity index (χ0) is 12.4. The maximum Gasteiger partial charge on any atom is 0.255 e. The zero-order valence-electron chi connectivity index (χ0n) is 9.54. The SMILES string of the molecule is C[C@H]1CN(C(=O)c2cc(Br)ccc2Br)CCN1. The van der Waals surface area contributed by atoms with Gasteiger partial charge in [-0.25, -0.2) is 0 Å². The standard InChI is InChI=1S/C12H14Br2N2O/c1-8-7-16(5-4-15-8)12(17)10-6-9(13)2-3-11(10)14/h2-3,6,8,15H,4-5,7H2,1H3/t8-/m0/s1. The largest absolute Gasteiger partial charge is 0.336 e. The van der Waals surface area contributed by atoms with Crippen molar-refractivity contribution in [1.29, 1.82) is 0 Å². The number of nitrogens with zero attached hydrogens (tertiary/aromatic N) is 1. The van der Waals surface area contributed by atoms with Crippen molar-refractivity contribution in [2.45, 2.75) is 13.0 Å². The van der Waals surface area contributed by atoms with Crippen molar-refractivity contribution >= 4 is 37.8 Å². The molecule has 0 aromatic heterocycles. The Hall–Kier alpha value is -0.390. The van der Waals surface area contributed by atoms with Gasteiger partial charge in [-0.05, 0) is 41.1 Å². The lowest BCUT2D eigenvalue weighted by atomic mass is 10.1. The molecule has 1 amide bonds. The van der Waals surface area contributed by atoms with Gasteiger partial charge in [0.15, 0.2) is 0 Å². The van der Waals surface area contributed by atoms with Gasteiger partial charge in [0.25, 0.3) is 5.91 Å². The second-order valence-electron chi connectivity index (χ2n) is 4.23. The van der Waals surface area contributed by atoms with E-state index in [1.165, 1.54) is 0 Å². The number of piperazine rings is 1. The summed E-state index contributed by atoms with van der Waals surface area (Å²) in [5, 5.41) is 3.33. The van der Waals surface area contributed by atoms with E-state index >= 15 is 0 Å². The van der Waals surface area contributed by atoms with Gasteiger partial charge in [0, 0.05) is 34.6 Å². The van der Waals surface area contributed by atoms with Gasteiger partial charge in [-0.15, -0.1) is 0 Å². The Morgan fingerprint density at radius 3 is 2.94 bits per heavy atom. The maximum absolute atomic E-state index is 12.4. The fourth-order valence-corrected chi connectivity index (χ4v) is 2.73. The van der Waals surface area contributed by atoms with E-state index in [1.54, 1.807) is 0 Å². The predicted octanol–water partition coefficient (Wildman–Crippen LogP) is 2.65. The van der Waals surface area contributed by atoms with Crippen LogP contribution in [-0.4, -0.2) is 36.5 Å². The summed E-state index contributed by atoms with van der Waals surface area (Å²) in [6.07, 6.45) is 0. The fraction of sp³-hybridized carbons (Fsp3) is 0.417. The molecule has 1 aromatic rings. The van der Waals surface area contributed by atoms with E-state index in [0.29, 0.717) is 11.6 Å². The van der Waals surface area contributed by atoms with Crippen molar-refractivity contribution in [3.63, 3.8) is 0 Å². The van der Waals surface area contributed by atoms with E-state index in [4.69, 9.17) is 0 Å². The van der Waals surface area contributed by atoms with Crippen LogP contribution in [0.15, 0.2) is 27.1 Å². The average molecular weight is 362 g/mol. The normalized spacial score (nSPS) is 20.4. The molecule has 0 unspecified atom stereocenters. The van der Waals surface area contributed by atoms with Crippen LogP contribution in [0.2, 0.25) is 0 Å². The average Bonchev–Trinajstić information content (AvgIpc) is 2.31. The Bertz CT molecular complexity index is 437. The molecule has 92 valence electrons. The van der Waals surface area contributed by atoms with Crippen molar-refractivity contribution in [3.8, 4) is 0 Å². The summed E-state index contributed by atoms with van der Waals surface area (Å²) in [5.74, 6) is 0.0894. The Labute approximate surface area is 118 Å². The molecule has 1 aliphatic heterocycles. The summed E-state index contributed by atoms with van der Waals surface area (Å²) in [7, 11) is 0. The van der Waals surface area contributed by atoms with Gasteiger partial charge in [0.1, 0.15) is 0 Å². The van der Waals surface area contributed by atoms with E-state index in [-0.39, 0.29) is 5.91 Å². The van der Waals surface area contributed by atoms with Crippen molar-refractivity contribution in [3.05, 3.63) is 32.7 Å². The van der Waals surface area contributed by atoms with E-state index in [2.05, 4.69) is 44.1 Å². The van der Waals surface area contributed by atoms with Crippen LogP contribution in [0.5, 0.6) is 0 Å². The maximum atomic E-state index is 12.4. The molecular formula is C12H14Br2N2O. The van der Waals surface area contributed by atoms with Gasteiger partial charge in [-0.2, -0.15) is 0 Å². The van der Waals surface area contributed by atoms with Gasteiger partial charge in [-0.1, -0.05) is 15.9 Å². The van der Waals surface area contributed by atoms with Crippen molar-refractivity contribution < 1.29 is 4.79 Å². The summed E-state index contributed by atoms with van der Waals surface area (Å²) in [6.45, 7) is 4.48. The molecule has 17 heavy (non-hydrogen) atoms. The monoisotopic (exact) mass is 360 g/mol. The molecule has 1 N–H and O–H groups in total. The second kappa shape index (κ2) is 5.50. The van der Waals surface area contributed by atoms with Crippen LogP contribution >= 0.6 is 31.9 Å². The number of benzene rings is 1. The third-order valence-electron chi connectivity index (χ3n) is 2.81. The lowest BCUT2D eigenvalue weighted by Crippen LogP contribution is -2.51. The predicted molar refractivity (Wildman–Crippen MR) is 75.2 cm³/mol. The van der Waals surface area contributed by atoms with Crippen LogP contribution in [-0.2, 0) is 0 Å². The third-order valence-corrected chi connectivity index (χ3v) is 4.00. The summed E-state index contributed by atoms with van der Waals surface area (Å²) >= 11 is 6.83. The Morgan fingerprint density at radius 1 is 1.47 bits per heavy atom. The Morgan fingerprint density at radius 2 is 2.24 bits per heavy atom. The van der Waals surface area contributed by atoms with Gasteiger partial charge in [0.2, 0.25) is 0 Å². The fourth-order valence-electron chi connectivity index (χ4n) is 1.95. The summed E-state index contributed by atoms with van der Waals surface area (Å²) in [6, 6.07) is 6.03. The Balaban J connectivity index is 2.21. The molecular weight excluding hydrogens is 348 g/mol. The smallest absolute Gasteiger partial charge is 0.255 e. The van der Waals surface area contributed by atoms with Crippen LogP contribution in [0.4, 0.5) is 0 Å². The molecule has 5 heteroatoms. The molecule has 1 aliphatic rings. The molecule has 3 nitrogen and oxygen atoms in total. The molecule has 1 aromatic carbocycles. The van der Waals surface area contributed by atoms with Crippen LogP contribution in [0.25, 0.3) is 0 Å². The minimum atomic E-state index is 0.0894. The first-order valence-corrected chi connectivity index (χ1v) is 7.14. The van der Waals surface area contributed by atoms with Crippen LogP contribution < -0.4 is 5.32 Å². The summed E-state index contributed by atoms with van der Waals surface area (Å²) in [4.78, 5) is 14.3. The van der Waals surface area contributed by atoms with Crippen LogP contribution in [0.3, 0.4) is 0 Å². The minimum Gasteiger partial charge on any atom is -0.336 e. The van der Waals surface area contributed by atoms with E-state index in [0.717, 1.165) is 28.6 Å². The van der Waals surface area contributed by atoms with E-state index < -0.39 is 0 Å². The number of halogens is 2. The third kappa shape index (κ3) is 3.09. The molecule has 1 heterocycles. The second-order valence-corrected chi connectivity index (χ2v) is 6.00. The molecule has 0 bridgehead atoms. The Kier molecular flexibility index (Phi) is 4.22. The first-order valence-electron chi connectivity index (χ1n) is 5.55. The molecule has 2 rings (SSSR count). The van der Waals surface area contributed by atoms with Crippen LogP contribution in [0, 0.1) is 0 Å². The first kappa shape index (κ1) is 13.1. The lowest BCUT2D eigenvalue weighted by Gasteiger charge is -2.32. The molecule has 0 saturated carbocycles. The molecule has 1 atom stereocenters. The van der Waals surface area contributed by atoms with Gasteiger partial charge < -0.3 is 10.2 Å². The number of rotatable bonds is 1. The highest BCUT2D eigenvalue weighted by Gasteiger charge is 2.23.